The normalized spacial score (nSPS) is 16.2. The molecule has 1 fully saturated rings. The number of hydrogen-bond acceptors (Lipinski definition) is 3. The SMILES string of the molecule is O=C(C=Cc1cccc(Cl)c1)N1CCC(=O)N(CCO)CC1. The van der Waals surface area contributed by atoms with Crippen LogP contribution in [0.2, 0.25) is 5.02 Å². The van der Waals surface area contributed by atoms with E-state index in [1.165, 1.54) is 6.08 Å². The lowest BCUT2D eigenvalue weighted by Crippen LogP contribution is -2.36. The molecule has 1 aliphatic heterocycles. The molecule has 0 bridgehead atoms. The maximum Gasteiger partial charge on any atom is 0.246 e. The lowest BCUT2D eigenvalue weighted by atomic mass is 10.2. The first-order valence-electron chi connectivity index (χ1n) is 7.21. The highest BCUT2D eigenvalue weighted by Gasteiger charge is 2.22. The molecule has 0 radical (unpaired) electrons. The fourth-order valence-corrected chi connectivity index (χ4v) is 2.53. The van der Waals surface area contributed by atoms with Crippen molar-refractivity contribution < 1.29 is 14.7 Å². The number of aliphatic hydroxyl groups is 1. The van der Waals surface area contributed by atoms with Crippen molar-refractivity contribution in [3.05, 3.63) is 40.9 Å². The number of rotatable bonds is 4. The molecule has 6 heteroatoms. The number of hydrogen-bond donors (Lipinski definition) is 1. The van der Waals surface area contributed by atoms with Gasteiger partial charge in [0.05, 0.1) is 6.61 Å². The minimum Gasteiger partial charge on any atom is -0.395 e. The summed E-state index contributed by atoms with van der Waals surface area (Å²) < 4.78 is 0. The average molecular weight is 323 g/mol. The number of carbonyl (C=O) groups excluding carboxylic acids is 2. The van der Waals surface area contributed by atoms with Gasteiger partial charge in [-0.1, -0.05) is 23.7 Å². The zero-order valence-electron chi connectivity index (χ0n) is 12.2. The van der Waals surface area contributed by atoms with Crippen molar-refractivity contribution in [3.8, 4) is 0 Å². The van der Waals surface area contributed by atoms with Crippen LogP contribution in [-0.2, 0) is 9.59 Å². The van der Waals surface area contributed by atoms with E-state index < -0.39 is 0 Å². The van der Waals surface area contributed by atoms with Crippen LogP contribution in [0, 0.1) is 0 Å². The van der Waals surface area contributed by atoms with E-state index >= 15 is 0 Å². The highest BCUT2D eigenvalue weighted by atomic mass is 35.5. The molecule has 0 atom stereocenters. The van der Waals surface area contributed by atoms with Gasteiger partial charge in [0, 0.05) is 43.7 Å². The first-order valence-corrected chi connectivity index (χ1v) is 7.59. The van der Waals surface area contributed by atoms with E-state index in [2.05, 4.69) is 0 Å². The number of β-amino-alcohol motifs (C(OH)–C–C–N with tert-alkyl or cyclic N) is 1. The maximum absolute atomic E-state index is 12.2. The third kappa shape index (κ3) is 4.58. The van der Waals surface area contributed by atoms with E-state index in [0.717, 1.165) is 5.56 Å². The molecule has 2 amide bonds. The van der Waals surface area contributed by atoms with Crippen molar-refractivity contribution in [1.82, 2.24) is 9.80 Å². The van der Waals surface area contributed by atoms with Crippen molar-refractivity contribution in [3.63, 3.8) is 0 Å². The van der Waals surface area contributed by atoms with Crippen molar-refractivity contribution in [1.29, 1.82) is 0 Å². The Hall–Kier alpha value is -1.85. The summed E-state index contributed by atoms with van der Waals surface area (Å²) in [6.45, 7) is 1.59. The van der Waals surface area contributed by atoms with Crippen molar-refractivity contribution in [2.24, 2.45) is 0 Å². The van der Waals surface area contributed by atoms with E-state index in [0.29, 0.717) is 31.2 Å². The van der Waals surface area contributed by atoms with Crippen molar-refractivity contribution >= 4 is 29.5 Å². The monoisotopic (exact) mass is 322 g/mol. The summed E-state index contributed by atoms with van der Waals surface area (Å²) in [6.07, 6.45) is 3.50. The van der Waals surface area contributed by atoms with Gasteiger partial charge in [0.25, 0.3) is 0 Å². The molecular formula is C16H19ClN2O3. The first-order chi connectivity index (χ1) is 10.6. The van der Waals surface area contributed by atoms with E-state index in [4.69, 9.17) is 16.7 Å². The Morgan fingerprint density at radius 2 is 2.14 bits per heavy atom. The topological polar surface area (TPSA) is 60.9 Å². The smallest absolute Gasteiger partial charge is 0.246 e. The summed E-state index contributed by atoms with van der Waals surface area (Å²) in [5, 5.41) is 9.56. The van der Waals surface area contributed by atoms with Crippen molar-refractivity contribution in [2.45, 2.75) is 6.42 Å². The van der Waals surface area contributed by atoms with E-state index in [-0.39, 0.29) is 24.8 Å². The van der Waals surface area contributed by atoms with Gasteiger partial charge in [-0.25, -0.2) is 0 Å². The average Bonchev–Trinajstić information content (AvgIpc) is 2.68. The Kier molecular flexibility index (Phi) is 5.98. The molecule has 1 aliphatic rings. The van der Waals surface area contributed by atoms with Crippen LogP contribution in [0.25, 0.3) is 6.08 Å². The second-order valence-corrected chi connectivity index (χ2v) is 5.50. The van der Waals surface area contributed by atoms with Gasteiger partial charge in [-0.05, 0) is 23.8 Å². The minimum atomic E-state index is -0.126. The Morgan fingerprint density at radius 3 is 2.86 bits per heavy atom. The summed E-state index contributed by atoms with van der Waals surface area (Å²) in [6, 6.07) is 7.24. The molecule has 0 aromatic heterocycles. The summed E-state index contributed by atoms with van der Waals surface area (Å²) >= 11 is 5.90. The fourth-order valence-electron chi connectivity index (χ4n) is 2.33. The predicted molar refractivity (Wildman–Crippen MR) is 85.3 cm³/mol. The zero-order valence-corrected chi connectivity index (χ0v) is 13.0. The van der Waals surface area contributed by atoms with Crippen LogP contribution >= 0.6 is 11.6 Å². The zero-order chi connectivity index (χ0) is 15.9. The molecule has 0 spiro atoms. The largest absolute Gasteiger partial charge is 0.395 e. The van der Waals surface area contributed by atoms with E-state index in [9.17, 15) is 9.59 Å². The molecule has 1 saturated heterocycles. The molecule has 0 unspecified atom stereocenters. The van der Waals surface area contributed by atoms with Gasteiger partial charge in [-0.3, -0.25) is 9.59 Å². The summed E-state index contributed by atoms with van der Waals surface area (Å²) in [7, 11) is 0. The Bertz CT molecular complexity index is 574. The molecule has 2 rings (SSSR count). The molecular weight excluding hydrogens is 304 g/mol. The molecule has 22 heavy (non-hydrogen) atoms. The molecule has 118 valence electrons. The number of aliphatic hydroxyl groups excluding tert-OH is 1. The number of nitrogens with zero attached hydrogens (tertiary/aromatic N) is 2. The lowest BCUT2D eigenvalue weighted by Gasteiger charge is -2.20. The number of carbonyl (C=O) groups is 2. The van der Waals surface area contributed by atoms with Crippen LogP contribution in [0.15, 0.2) is 30.3 Å². The van der Waals surface area contributed by atoms with E-state index in [1.54, 1.807) is 28.0 Å². The third-order valence-corrected chi connectivity index (χ3v) is 3.77. The Balaban J connectivity index is 1.96. The fraction of sp³-hybridized carbons (Fsp3) is 0.375. The molecule has 5 nitrogen and oxygen atoms in total. The van der Waals surface area contributed by atoms with Crippen LogP contribution in [0.3, 0.4) is 0 Å². The first kappa shape index (κ1) is 16.5. The highest BCUT2D eigenvalue weighted by molar-refractivity contribution is 6.30. The lowest BCUT2D eigenvalue weighted by molar-refractivity contribution is -0.130. The highest BCUT2D eigenvalue weighted by Crippen LogP contribution is 2.12. The van der Waals surface area contributed by atoms with Gasteiger partial charge in [0.15, 0.2) is 0 Å². The Labute approximate surface area is 134 Å². The molecule has 0 aliphatic carbocycles. The Morgan fingerprint density at radius 1 is 1.32 bits per heavy atom. The number of halogens is 1. The summed E-state index contributed by atoms with van der Waals surface area (Å²) in [5.41, 5.74) is 0.855. The standard InChI is InChI=1S/C16H19ClN2O3/c17-14-3-1-2-13(12-14)4-5-15(21)18-7-6-16(22)19(9-8-18)10-11-20/h1-5,12,20H,6-11H2. The third-order valence-electron chi connectivity index (χ3n) is 3.54. The number of benzene rings is 1. The summed E-state index contributed by atoms with van der Waals surface area (Å²) in [5.74, 6) is -0.151. The molecule has 1 aromatic carbocycles. The quantitative estimate of drug-likeness (QED) is 0.853. The van der Waals surface area contributed by atoms with Crippen LogP contribution in [0.1, 0.15) is 12.0 Å². The second kappa shape index (κ2) is 7.96. The predicted octanol–water partition coefficient (Wildman–Crippen LogP) is 1.41. The van der Waals surface area contributed by atoms with Crippen LogP contribution < -0.4 is 0 Å². The second-order valence-electron chi connectivity index (χ2n) is 5.07. The van der Waals surface area contributed by atoms with Gasteiger partial charge < -0.3 is 14.9 Å². The number of amides is 2. The van der Waals surface area contributed by atoms with Gasteiger partial charge >= 0.3 is 0 Å². The van der Waals surface area contributed by atoms with Gasteiger partial charge in [-0.15, -0.1) is 0 Å². The van der Waals surface area contributed by atoms with Gasteiger partial charge in [-0.2, -0.15) is 0 Å². The molecule has 1 N–H and O–H groups in total. The molecule has 1 heterocycles. The minimum absolute atomic E-state index is 0.0248. The molecule has 0 saturated carbocycles. The van der Waals surface area contributed by atoms with Gasteiger partial charge in [0.2, 0.25) is 11.8 Å². The van der Waals surface area contributed by atoms with Crippen molar-refractivity contribution in [2.75, 3.05) is 32.8 Å². The summed E-state index contributed by atoms with van der Waals surface area (Å²) in [4.78, 5) is 27.3. The molecule has 1 aromatic rings. The van der Waals surface area contributed by atoms with E-state index in [1.807, 2.05) is 12.1 Å². The van der Waals surface area contributed by atoms with Crippen LogP contribution in [0.5, 0.6) is 0 Å². The maximum atomic E-state index is 12.2. The van der Waals surface area contributed by atoms with Crippen LogP contribution in [-0.4, -0.2) is 59.5 Å². The van der Waals surface area contributed by atoms with Crippen LogP contribution in [0.4, 0.5) is 0 Å². The van der Waals surface area contributed by atoms with Gasteiger partial charge in [0.1, 0.15) is 0 Å².